The van der Waals surface area contributed by atoms with Crippen LogP contribution in [-0.2, 0) is 9.53 Å². The third-order valence-corrected chi connectivity index (χ3v) is 5.71. The van der Waals surface area contributed by atoms with Crippen LogP contribution in [0, 0.1) is 12.8 Å². The first-order valence-corrected chi connectivity index (χ1v) is 10.9. The number of hydrogen-bond donors (Lipinski definition) is 3. The molecule has 4 aromatic rings. The molecule has 2 amide bonds. The Kier molecular flexibility index (Phi) is 5.66. The smallest absolute Gasteiger partial charge is 0.292 e. The largest absolute Gasteiger partial charge is 0.451 e. The van der Waals surface area contributed by atoms with Crippen molar-refractivity contribution in [2.24, 2.45) is 5.92 Å². The van der Waals surface area contributed by atoms with Crippen LogP contribution in [0.25, 0.3) is 22.2 Å². The first kappa shape index (κ1) is 21.0. The van der Waals surface area contributed by atoms with Crippen LogP contribution in [0.15, 0.2) is 59.0 Å². The highest BCUT2D eigenvalue weighted by atomic mass is 16.5. The third-order valence-electron chi connectivity index (χ3n) is 5.71. The van der Waals surface area contributed by atoms with Gasteiger partial charge in [0.1, 0.15) is 5.58 Å². The lowest BCUT2D eigenvalue weighted by molar-refractivity contribution is -0.123. The van der Waals surface area contributed by atoms with Gasteiger partial charge in [-0.2, -0.15) is 5.10 Å². The number of aromatic nitrogens is 2. The summed E-state index contributed by atoms with van der Waals surface area (Å²) in [4.78, 5) is 24.9. The molecule has 2 aromatic carbocycles. The summed E-state index contributed by atoms with van der Waals surface area (Å²) in [6.45, 7) is 3.19. The van der Waals surface area contributed by atoms with Gasteiger partial charge in [-0.25, -0.2) is 0 Å². The highest BCUT2D eigenvalue weighted by Gasteiger charge is 2.21. The first-order valence-electron chi connectivity index (χ1n) is 10.9. The molecular formula is C25H24N4O4. The van der Waals surface area contributed by atoms with Crippen molar-refractivity contribution in [1.29, 1.82) is 0 Å². The molecule has 168 valence electrons. The highest BCUT2D eigenvalue weighted by molar-refractivity contribution is 6.04. The summed E-state index contributed by atoms with van der Waals surface area (Å²) in [5.74, 6) is 0.124. The van der Waals surface area contributed by atoms with Crippen LogP contribution in [0.1, 0.15) is 29.0 Å². The van der Waals surface area contributed by atoms with Crippen molar-refractivity contribution in [3.05, 3.63) is 65.9 Å². The van der Waals surface area contributed by atoms with Gasteiger partial charge in [0.15, 0.2) is 11.6 Å². The van der Waals surface area contributed by atoms with Crippen LogP contribution in [-0.4, -0.2) is 35.2 Å². The van der Waals surface area contributed by atoms with Crippen molar-refractivity contribution in [2.75, 3.05) is 23.8 Å². The van der Waals surface area contributed by atoms with Gasteiger partial charge in [-0.15, -0.1) is 0 Å². The number of nitrogens with zero attached hydrogens (tertiary/aromatic N) is 1. The number of carbonyl (C=O) groups excluding carboxylic acids is 2. The summed E-state index contributed by atoms with van der Waals surface area (Å²) in [6, 6.07) is 16.7. The van der Waals surface area contributed by atoms with E-state index in [4.69, 9.17) is 9.15 Å². The molecule has 1 unspecified atom stereocenters. The van der Waals surface area contributed by atoms with Crippen molar-refractivity contribution in [3.63, 3.8) is 0 Å². The van der Waals surface area contributed by atoms with E-state index in [0.717, 1.165) is 47.3 Å². The number of amides is 2. The SMILES string of the molecule is Cc1ccc2oc(C(=O)Nc3cc(-c4ccc(NC(=O)C5CCCOC5)cc4)[nH]n3)cc2c1. The van der Waals surface area contributed by atoms with Crippen molar-refractivity contribution < 1.29 is 18.7 Å². The number of anilines is 2. The third kappa shape index (κ3) is 4.65. The Hall–Kier alpha value is -3.91. The number of ether oxygens (including phenoxy) is 1. The summed E-state index contributed by atoms with van der Waals surface area (Å²) in [7, 11) is 0. The average molecular weight is 444 g/mol. The fraction of sp³-hybridized carbons (Fsp3) is 0.240. The minimum Gasteiger partial charge on any atom is -0.451 e. The van der Waals surface area contributed by atoms with E-state index in [-0.39, 0.29) is 23.5 Å². The van der Waals surface area contributed by atoms with Gasteiger partial charge in [0, 0.05) is 23.7 Å². The van der Waals surface area contributed by atoms with Gasteiger partial charge < -0.3 is 19.8 Å². The van der Waals surface area contributed by atoms with Crippen LogP contribution in [0.3, 0.4) is 0 Å². The molecule has 0 aliphatic carbocycles. The van der Waals surface area contributed by atoms with Gasteiger partial charge in [0.25, 0.3) is 5.91 Å². The summed E-state index contributed by atoms with van der Waals surface area (Å²) in [6.07, 6.45) is 1.76. The molecule has 1 fully saturated rings. The second-order valence-electron chi connectivity index (χ2n) is 8.25. The average Bonchev–Trinajstić information content (AvgIpc) is 3.47. The van der Waals surface area contributed by atoms with Gasteiger partial charge in [-0.1, -0.05) is 23.8 Å². The minimum absolute atomic E-state index is 0.0188. The lowest BCUT2D eigenvalue weighted by atomic mass is 10.0. The Bertz CT molecular complexity index is 1300. The Balaban J connectivity index is 1.23. The van der Waals surface area contributed by atoms with Gasteiger partial charge in [-0.3, -0.25) is 14.7 Å². The number of fused-ring (bicyclic) bond motifs is 1. The summed E-state index contributed by atoms with van der Waals surface area (Å²) >= 11 is 0. The number of benzene rings is 2. The summed E-state index contributed by atoms with van der Waals surface area (Å²) < 4.78 is 11.0. The standard InChI is InChI=1S/C25H24N4O4/c1-15-4-9-21-18(11-15)12-22(33-21)25(31)27-23-13-20(28-29-23)16-5-7-19(8-6-16)26-24(30)17-3-2-10-32-14-17/h4-9,11-13,17H,2-3,10,14H2,1H3,(H,26,30)(H2,27,28,29,31). The second kappa shape index (κ2) is 8.91. The normalized spacial score (nSPS) is 16.0. The molecule has 8 nitrogen and oxygen atoms in total. The maximum absolute atomic E-state index is 12.6. The van der Waals surface area contributed by atoms with Crippen LogP contribution in [0.2, 0.25) is 0 Å². The number of H-pyrrole nitrogens is 1. The fourth-order valence-electron chi connectivity index (χ4n) is 3.91. The van der Waals surface area contributed by atoms with Crippen LogP contribution < -0.4 is 10.6 Å². The Morgan fingerprint density at radius 2 is 1.91 bits per heavy atom. The maximum atomic E-state index is 12.6. The van der Waals surface area contributed by atoms with E-state index in [1.165, 1.54) is 0 Å². The number of carbonyl (C=O) groups is 2. The predicted octanol–water partition coefficient (Wildman–Crippen LogP) is 4.75. The molecule has 1 saturated heterocycles. The monoisotopic (exact) mass is 444 g/mol. The lowest BCUT2D eigenvalue weighted by Gasteiger charge is -2.21. The molecule has 0 spiro atoms. The zero-order valence-corrected chi connectivity index (χ0v) is 18.2. The van der Waals surface area contributed by atoms with Crippen molar-refractivity contribution >= 4 is 34.3 Å². The number of nitrogens with one attached hydrogen (secondary N) is 3. The van der Waals surface area contributed by atoms with E-state index in [1.54, 1.807) is 12.1 Å². The number of aryl methyl sites for hydroxylation is 1. The van der Waals surface area contributed by atoms with Crippen LogP contribution in [0.4, 0.5) is 11.5 Å². The minimum atomic E-state index is -0.369. The summed E-state index contributed by atoms with van der Waals surface area (Å²) in [5, 5.41) is 13.7. The zero-order chi connectivity index (χ0) is 22.8. The number of aromatic amines is 1. The lowest BCUT2D eigenvalue weighted by Crippen LogP contribution is -2.30. The van der Waals surface area contributed by atoms with Crippen LogP contribution in [0.5, 0.6) is 0 Å². The molecule has 0 bridgehead atoms. The van der Waals surface area contributed by atoms with Crippen LogP contribution >= 0.6 is 0 Å². The molecule has 33 heavy (non-hydrogen) atoms. The first-order chi connectivity index (χ1) is 16.0. The second-order valence-corrected chi connectivity index (χ2v) is 8.25. The predicted molar refractivity (Wildman–Crippen MR) is 125 cm³/mol. The topological polar surface area (TPSA) is 109 Å². The van der Waals surface area contributed by atoms with Gasteiger partial charge in [0.05, 0.1) is 18.2 Å². The van der Waals surface area contributed by atoms with E-state index in [0.29, 0.717) is 18.0 Å². The Labute approximate surface area is 190 Å². The molecule has 2 aromatic heterocycles. The molecule has 3 N–H and O–H groups in total. The van der Waals surface area contributed by atoms with E-state index in [2.05, 4.69) is 20.8 Å². The van der Waals surface area contributed by atoms with E-state index >= 15 is 0 Å². The van der Waals surface area contributed by atoms with Gasteiger partial charge in [0.2, 0.25) is 5.91 Å². The van der Waals surface area contributed by atoms with Crippen molar-refractivity contribution in [3.8, 4) is 11.3 Å². The van der Waals surface area contributed by atoms with E-state index in [9.17, 15) is 9.59 Å². The summed E-state index contributed by atoms with van der Waals surface area (Å²) in [5.41, 5.74) is 4.10. The van der Waals surface area contributed by atoms with Crippen molar-refractivity contribution in [2.45, 2.75) is 19.8 Å². The number of rotatable bonds is 5. The molecule has 0 saturated carbocycles. The quantitative estimate of drug-likeness (QED) is 0.412. The number of furan rings is 1. The molecule has 1 aliphatic heterocycles. The Morgan fingerprint density at radius 1 is 1.06 bits per heavy atom. The molecular weight excluding hydrogens is 420 g/mol. The maximum Gasteiger partial charge on any atom is 0.292 e. The molecule has 8 heteroatoms. The number of hydrogen-bond acceptors (Lipinski definition) is 5. The molecule has 3 heterocycles. The molecule has 1 atom stereocenters. The van der Waals surface area contributed by atoms with E-state index in [1.807, 2.05) is 49.4 Å². The van der Waals surface area contributed by atoms with Gasteiger partial charge >= 0.3 is 0 Å². The Morgan fingerprint density at radius 3 is 2.70 bits per heavy atom. The molecule has 0 radical (unpaired) electrons. The van der Waals surface area contributed by atoms with E-state index < -0.39 is 0 Å². The fourth-order valence-corrected chi connectivity index (χ4v) is 3.91. The highest BCUT2D eigenvalue weighted by Crippen LogP contribution is 2.24. The van der Waals surface area contributed by atoms with Crippen molar-refractivity contribution in [1.82, 2.24) is 10.2 Å². The molecule has 1 aliphatic rings. The zero-order valence-electron chi connectivity index (χ0n) is 18.2. The molecule has 5 rings (SSSR count). The van der Waals surface area contributed by atoms with Gasteiger partial charge in [-0.05, 0) is 55.7 Å².